The molecule has 0 aromatic heterocycles. The summed E-state index contributed by atoms with van der Waals surface area (Å²) < 4.78 is 0. The number of likely N-dealkylation sites (N-methyl/N-ethyl adjacent to an activating group) is 1. The highest BCUT2D eigenvalue weighted by atomic mass is 35.5. The molecule has 1 saturated heterocycles. The van der Waals surface area contributed by atoms with Gasteiger partial charge in [0.25, 0.3) is 0 Å². The minimum Gasteiger partial charge on any atom is -0.369 e. The number of guanidine groups is 1. The second kappa shape index (κ2) is 8.59. The molecule has 5 nitrogen and oxygen atoms in total. The molecule has 136 valence electrons. The Kier molecular flexibility index (Phi) is 6.21. The Morgan fingerprint density at radius 2 is 1.92 bits per heavy atom. The fourth-order valence-corrected chi connectivity index (χ4v) is 3.60. The number of halogens is 1. The second-order valence-corrected chi connectivity index (χ2v) is 7.14. The molecule has 1 fully saturated rings. The monoisotopic (exact) mass is 361 g/mol. The third-order valence-corrected chi connectivity index (χ3v) is 5.30. The average Bonchev–Trinajstić information content (AvgIpc) is 3.13. The van der Waals surface area contributed by atoms with Crippen molar-refractivity contribution >= 4 is 23.2 Å². The zero-order valence-electron chi connectivity index (χ0n) is 15.1. The van der Waals surface area contributed by atoms with E-state index in [1.165, 1.54) is 5.69 Å². The quantitative estimate of drug-likeness (QED) is 0.491. The number of aliphatic imine (C=N–C) groups is 1. The van der Waals surface area contributed by atoms with Crippen molar-refractivity contribution in [2.45, 2.75) is 25.4 Å². The summed E-state index contributed by atoms with van der Waals surface area (Å²) in [5.41, 5.74) is 2.37. The molecule has 1 heterocycles. The summed E-state index contributed by atoms with van der Waals surface area (Å²) in [5.74, 6) is 0.831. The maximum absolute atomic E-state index is 6.53. The van der Waals surface area contributed by atoms with Crippen molar-refractivity contribution in [2.75, 3.05) is 45.2 Å². The van der Waals surface area contributed by atoms with Crippen LogP contribution in [-0.2, 0) is 6.54 Å². The Bertz CT molecular complexity index is 627. The number of hydrogen-bond acceptors (Lipinski definition) is 3. The fourth-order valence-electron chi connectivity index (χ4n) is 3.36. The van der Waals surface area contributed by atoms with Gasteiger partial charge in [-0.2, -0.15) is 0 Å². The van der Waals surface area contributed by atoms with Crippen LogP contribution in [0, 0.1) is 0 Å². The van der Waals surface area contributed by atoms with Gasteiger partial charge in [0, 0.05) is 62.1 Å². The first kappa shape index (κ1) is 18.1. The number of nitrogens with one attached hydrogen (secondary N) is 2. The highest BCUT2D eigenvalue weighted by Gasteiger charge is 2.19. The molecule has 0 spiro atoms. The topological polar surface area (TPSA) is 42.9 Å². The van der Waals surface area contributed by atoms with E-state index in [1.807, 2.05) is 19.2 Å². The highest BCUT2D eigenvalue weighted by molar-refractivity contribution is 6.31. The summed E-state index contributed by atoms with van der Waals surface area (Å²) in [6, 6.07) is 6.62. The molecule has 6 heteroatoms. The van der Waals surface area contributed by atoms with Crippen molar-refractivity contribution in [3.8, 4) is 0 Å². The molecule has 1 aromatic rings. The predicted molar refractivity (Wildman–Crippen MR) is 107 cm³/mol. The van der Waals surface area contributed by atoms with Crippen LogP contribution in [-0.4, -0.2) is 57.2 Å². The van der Waals surface area contributed by atoms with E-state index in [9.17, 15) is 0 Å². The van der Waals surface area contributed by atoms with E-state index in [4.69, 9.17) is 11.6 Å². The van der Waals surface area contributed by atoms with Gasteiger partial charge < -0.3 is 20.4 Å². The van der Waals surface area contributed by atoms with Gasteiger partial charge in [-0.05, 0) is 32.0 Å². The third kappa shape index (κ3) is 4.67. The summed E-state index contributed by atoms with van der Waals surface area (Å²) >= 11 is 6.53. The maximum atomic E-state index is 6.53. The zero-order valence-corrected chi connectivity index (χ0v) is 15.9. The van der Waals surface area contributed by atoms with Gasteiger partial charge in [0.1, 0.15) is 0 Å². The standard InChI is InChI=1S/C19H28ClN5/c1-21-19(23-15-6-3-4-7-15)22-14-16-17(20)8-5-9-18(16)25-12-10-24(2)11-13-25/h3-5,8-9,15H,6-7,10-14H2,1-2H3,(H2,21,22,23). The normalized spacial score (nSPS) is 19.5. The molecule has 0 atom stereocenters. The minimum atomic E-state index is 0.439. The van der Waals surface area contributed by atoms with Crippen molar-refractivity contribution in [1.82, 2.24) is 15.5 Å². The zero-order chi connectivity index (χ0) is 17.6. The molecular formula is C19H28ClN5. The van der Waals surface area contributed by atoms with Crippen LogP contribution in [0.3, 0.4) is 0 Å². The number of nitrogens with zero attached hydrogens (tertiary/aromatic N) is 3. The predicted octanol–water partition coefficient (Wildman–Crippen LogP) is 2.48. The molecule has 2 aliphatic rings. The number of rotatable bonds is 4. The Morgan fingerprint density at radius 1 is 1.20 bits per heavy atom. The van der Waals surface area contributed by atoms with E-state index in [1.54, 1.807) is 0 Å². The lowest BCUT2D eigenvalue weighted by atomic mass is 10.1. The van der Waals surface area contributed by atoms with Gasteiger partial charge in [-0.15, -0.1) is 0 Å². The molecule has 0 saturated carbocycles. The minimum absolute atomic E-state index is 0.439. The molecule has 1 aliphatic carbocycles. The van der Waals surface area contributed by atoms with Crippen LogP contribution in [0.5, 0.6) is 0 Å². The first-order chi connectivity index (χ1) is 12.2. The molecule has 0 unspecified atom stereocenters. The summed E-state index contributed by atoms with van der Waals surface area (Å²) in [5, 5.41) is 7.71. The van der Waals surface area contributed by atoms with Gasteiger partial charge >= 0.3 is 0 Å². The van der Waals surface area contributed by atoms with Crippen LogP contribution >= 0.6 is 11.6 Å². The molecule has 1 aliphatic heterocycles. The fraction of sp³-hybridized carbons (Fsp3) is 0.526. The van der Waals surface area contributed by atoms with Gasteiger partial charge in [0.2, 0.25) is 0 Å². The van der Waals surface area contributed by atoms with E-state index in [0.717, 1.165) is 55.6 Å². The molecule has 25 heavy (non-hydrogen) atoms. The average molecular weight is 362 g/mol. The Balaban J connectivity index is 1.66. The number of piperazine rings is 1. The Hall–Kier alpha value is -1.72. The van der Waals surface area contributed by atoms with Crippen LogP contribution in [0.25, 0.3) is 0 Å². The first-order valence-corrected chi connectivity index (χ1v) is 9.38. The molecular weight excluding hydrogens is 334 g/mol. The molecule has 0 amide bonds. The summed E-state index contributed by atoms with van der Waals surface area (Å²) in [6.45, 7) is 4.89. The van der Waals surface area contributed by atoms with Crippen LogP contribution in [0.4, 0.5) is 5.69 Å². The summed E-state index contributed by atoms with van der Waals surface area (Å²) in [7, 11) is 3.98. The van der Waals surface area contributed by atoms with Crippen molar-refractivity contribution < 1.29 is 0 Å². The third-order valence-electron chi connectivity index (χ3n) is 4.94. The van der Waals surface area contributed by atoms with Gasteiger partial charge in [0.15, 0.2) is 5.96 Å². The van der Waals surface area contributed by atoms with Crippen molar-refractivity contribution in [3.05, 3.63) is 40.9 Å². The summed E-state index contributed by atoms with van der Waals surface area (Å²) in [4.78, 5) is 9.14. The lowest BCUT2D eigenvalue weighted by Crippen LogP contribution is -2.45. The molecule has 0 radical (unpaired) electrons. The van der Waals surface area contributed by atoms with E-state index in [-0.39, 0.29) is 0 Å². The van der Waals surface area contributed by atoms with Gasteiger partial charge in [-0.3, -0.25) is 4.99 Å². The largest absolute Gasteiger partial charge is 0.369 e. The molecule has 3 rings (SSSR count). The summed E-state index contributed by atoms with van der Waals surface area (Å²) in [6.07, 6.45) is 6.54. The van der Waals surface area contributed by atoms with Crippen LogP contribution in [0.15, 0.2) is 35.3 Å². The van der Waals surface area contributed by atoms with Gasteiger partial charge in [0.05, 0.1) is 0 Å². The lowest BCUT2D eigenvalue weighted by molar-refractivity contribution is 0.312. The molecule has 1 aromatic carbocycles. The smallest absolute Gasteiger partial charge is 0.191 e. The van der Waals surface area contributed by atoms with Crippen molar-refractivity contribution in [1.29, 1.82) is 0 Å². The number of benzene rings is 1. The highest BCUT2D eigenvalue weighted by Crippen LogP contribution is 2.28. The van der Waals surface area contributed by atoms with E-state index in [2.05, 4.69) is 50.7 Å². The van der Waals surface area contributed by atoms with Gasteiger partial charge in [-0.25, -0.2) is 0 Å². The Morgan fingerprint density at radius 3 is 2.60 bits per heavy atom. The Labute approximate surface area is 155 Å². The SMILES string of the molecule is CN=C(NCc1c(Cl)cccc1N1CCN(C)CC1)NC1CC=CC1. The first-order valence-electron chi connectivity index (χ1n) is 9.00. The molecule has 2 N–H and O–H groups in total. The number of hydrogen-bond donors (Lipinski definition) is 2. The molecule has 0 bridgehead atoms. The van der Waals surface area contributed by atoms with Crippen molar-refractivity contribution in [3.63, 3.8) is 0 Å². The van der Waals surface area contributed by atoms with E-state index >= 15 is 0 Å². The van der Waals surface area contributed by atoms with Gasteiger partial charge in [-0.1, -0.05) is 29.8 Å². The van der Waals surface area contributed by atoms with Crippen molar-refractivity contribution in [2.24, 2.45) is 4.99 Å². The van der Waals surface area contributed by atoms with E-state index in [0.29, 0.717) is 12.6 Å². The van der Waals surface area contributed by atoms with Crippen LogP contribution in [0.1, 0.15) is 18.4 Å². The van der Waals surface area contributed by atoms with E-state index < -0.39 is 0 Å². The number of anilines is 1. The van der Waals surface area contributed by atoms with Crippen LogP contribution < -0.4 is 15.5 Å². The second-order valence-electron chi connectivity index (χ2n) is 6.74. The lowest BCUT2D eigenvalue weighted by Gasteiger charge is -2.35. The van der Waals surface area contributed by atoms with Crippen LogP contribution in [0.2, 0.25) is 5.02 Å². The maximum Gasteiger partial charge on any atom is 0.191 e.